The molecule has 1 aromatic carbocycles. The van der Waals surface area contributed by atoms with Crippen molar-refractivity contribution >= 4 is 21.4 Å². The molecule has 1 saturated heterocycles. The van der Waals surface area contributed by atoms with Crippen molar-refractivity contribution in [3.05, 3.63) is 28.3 Å². The number of nitro groups is 1. The molecule has 1 aliphatic heterocycles. The quantitative estimate of drug-likeness (QED) is 0.544. The Hall–Kier alpha value is -1.75. The van der Waals surface area contributed by atoms with E-state index in [4.69, 9.17) is 9.88 Å². The Kier molecular flexibility index (Phi) is 6.10. The molecule has 134 valence electrons. The highest BCUT2D eigenvalue weighted by atomic mass is 32.2. The van der Waals surface area contributed by atoms with Crippen LogP contribution in [-0.4, -0.2) is 57.6 Å². The molecule has 2 rings (SSSR count). The summed E-state index contributed by atoms with van der Waals surface area (Å²) in [4.78, 5) is 12.6. The van der Waals surface area contributed by atoms with Crippen LogP contribution in [0.3, 0.4) is 0 Å². The maximum Gasteiger partial charge on any atom is 0.293 e. The molecule has 1 fully saturated rings. The number of nitrogens with two attached hydrogens (primary N) is 1. The fourth-order valence-electron chi connectivity index (χ4n) is 2.70. The normalized spacial score (nSPS) is 16.9. The number of nitrogens with zero attached hydrogens (tertiary/aromatic N) is 2. The van der Waals surface area contributed by atoms with Crippen molar-refractivity contribution in [2.75, 3.05) is 38.7 Å². The summed E-state index contributed by atoms with van der Waals surface area (Å²) in [7, 11) is -2.31. The average Bonchev–Trinajstić information content (AvgIpc) is 2.53. The first-order valence-corrected chi connectivity index (χ1v) is 9.15. The van der Waals surface area contributed by atoms with Gasteiger partial charge in [-0.1, -0.05) is 0 Å². The van der Waals surface area contributed by atoms with Crippen LogP contribution >= 0.6 is 0 Å². The number of nitro benzene ring substituents is 1. The van der Waals surface area contributed by atoms with Crippen molar-refractivity contribution in [1.82, 2.24) is 4.90 Å². The molecule has 0 unspecified atom stereocenters. The number of primary sulfonamides is 1. The van der Waals surface area contributed by atoms with Crippen LogP contribution in [0.1, 0.15) is 12.8 Å². The summed E-state index contributed by atoms with van der Waals surface area (Å²) >= 11 is 0. The number of sulfonamides is 1. The average molecular weight is 358 g/mol. The molecule has 3 N–H and O–H groups in total. The first-order chi connectivity index (χ1) is 11.3. The van der Waals surface area contributed by atoms with Gasteiger partial charge in [-0.3, -0.25) is 10.1 Å². The van der Waals surface area contributed by atoms with Crippen molar-refractivity contribution in [1.29, 1.82) is 0 Å². The minimum atomic E-state index is -3.98. The lowest BCUT2D eigenvalue weighted by Gasteiger charge is -2.32. The summed E-state index contributed by atoms with van der Waals surface area (Å²) in [5.74, 6) is 0. The van der Waals surface area contributed by atoms with Gasteiger partial charge in [0.25, 0.3) is 5.69 Å². The number of rotatable bonds is 7. The SMILES string of the molecule is COCCN1CCC(Nc2ccc(S(N)(=O)=O)cc2[N+](=O)[O-])CC1. The summed E-state index contributed by atoms with van der Waals surface area (Å²) in [6.45, 7) is 3.30. The second kappa shape index (κ2) is 7.88. The lowest BCUT2D eigenvalue weighted by Crippen LogP contribution is -2.40. The monoisotopic (exact) mass is 358 g/mol. The van der Waals surface area contributed by atoms with Crippen molar-refractivity contribution in [2.45, 2.75) is 23.8 Å². The Morgan fingerprint density at radius 3 is 2.62 bits per heavy atom. The molecule has 9 nitrogen and oxygen atoms in total. The van der Waals surface area contributed by atoms with Gasteiger partial charge in [-0.2, -0.15) is 0 Å². The maximum atomic E-state index is 11.4. The van der Waals surface area contributed by atoms with Gasteiger partial charge in [0.15, 0.2) is 0 Å². The van der Waals surface area contributed by atoms with Crippen molar-refractivity contribution in [3.63, 3.8) is 0 Å². The van der Waals surface area contributed by atoms with E-state index in [0.29, 0.717) is 12.3 Å². The van der Waals surface area contributed by atoms with Gasteiger partial charge in [0.1, 0.15) is 5.69 Å². The van der Waals surface area contributed by atoms with E-state index < -0.39 is 14.9 Å². The van der Waals surface area contributed by atoms with E-state index in [1.165, 1.54) is 12.1 Å². The Morgan fingerprint density at radius 1 is 1.42 bits per heavy atom. The first-order valence-electron chi connectivity index (χ1n) is 7.60. The van der Waals surface area contributed by atoms with E-state index in [-0.39, 0.29) is 16.6 Å². The third kappa shape index (κ3) is 4.87. The van der Waals surface area contributed by atoms with Gasteiger partial charge >= 0.3 is 0 Å². The standard InChI is InChI=1S/C14H22N4O5S/c1-23-9-8-17-6-4-11(5-7-17)16-13-3-2-12(24(15,21)22)10-14(13)18(19)20/h2-3,10-11,16H,4-9H2,1H3,(H2,15,21,22). The Morgan fingerprint density at radius 2 is 2.08 bits per heavy atom. The molecule has 0 aliphatic carbocycles. The van der Waals surface area contributed by atoms with Crippen LogP contribution in [-0.2, 0) is 14.8 Å². The van der Waals surface area contributed by atoms with E-state index >= 15 is 0 Å². The molecule has 0 aromatic heterocycles. The topological polar surface area (TPSA) is 128 Å². The largest absolute Gasteiger partial charge is 0.383 e. The Labute approximate surface area is 141 Å². The van der Waals surface area contributed by atoms with Crippen molar-refractivity contribution in [3.8, 4) is 0 Å². The number of ether oxygens (including phenoxy) is 1. The van der Waals surface area contributed by atoms with Gasteiger partial charge < -0.3 is 15.0 Å². The molecule has 10 heteroatoms. The zero-order valence-electron chi connectivity index (χ0n) is 13.5. The second-order valence-corrected chi connectivity index (χ2v) is 7.30. The molecule has 0 spiro atoms. The van der Waals surface area contributed by atoms with E-state index in [9.17, 15) is 18.5 Å². The van der Waals surface area contributed by atoms with E-state index in [0.717, 1.165) is 38.5 Å². The molecule has 1 aliphatic rings. The highest BCUT2D eigenvalue weighted by Crippen LogP contribution is 2.29. The number of methoxy groups -OCH3 is 1. The predicted octanol–water partition coefficient (Wildman–Crippen LogP) is 0.765. The minimum absolute atomic E-state index is 0.0998. The molecular formula is C14H22N4O5S. The van der Waals surface area contributed by atoms with Crippen LogP contribution in [0.5, 0.6) is 0 Å². The van der Waals surface area contributed by atoms with Gasteiger partial charge in [-0.05, 0) is 25.0 Å². The van der Waals surface area contributed by atoms with Gasteiger partial charge in [0.05, 0.1) is 16.4 Å². The van der Waals surface area contributed by atoms with Crippen LogP contribution < -0.4 is 10.5 Å². The third-order valence-corrected chi connectivity index (χ3v) is 4.96. The smallest absolute Gasteiger partial charge is 0.293 e. The summed E-state index contributed by atoms with van der Waals surface area (Å²) in [5, 5.41) is 19.4. The van der Waals surface area contributed by atoms with E-state index in [1.807, 2.05) is 0 Å². The Bertz CT molecular complexity index is 686. The molecule has 24 heavy (non-hydrogen) atoms. The minimum Gasteiger partial charge on any atom is -0.383 e. The van der Waals surface area contributed by atoms with Crippen LogP contribution in [0.4, 0.5) is 11.4 Å². The fraction of sp³-hybridized carbons (Fsp3) is 0.571. The lowest BCUT2D eigenvalue weighted by atomic mass is 10.0. The predicted molar refractivity (Wildman–Crippen MR) is 89.4 cm³/mol. The number of likely N-dealkylation sites (tertiary alicyclic amines) is 1. The molecule has 1 heterocycles. The van der Waals surface area contributed by atoms with Crippen LogP contribution in [0, 0.1) is 10.1 Å². The number of hydrogen-bond acceptors (Lipinski definition) is 7. The fourth-order valence-corrected chi connectivity index (χ4v) is 3.24. The van der Waals surface area contributed by atoms with Crippen molar-refractivity contribution in [2.24, 2.45) is 5.14 Å². The van der Waals surface area contributed by atoms with Gasteiger partial charge in [0, 0.05) is 38.9 Å². The van der Waals surface area contributed by atoms with Gasteiger partial charge in [0.2, 0.25) is 10.0 Å². The molecule has 0 bridgehead atoms. The summed E-state index contributed by atoms with van der Waals surface area (Å²) in [6.07, 6.45) is 1.69. The molecule has 0 atom stereocenters. The zero-order chi connectivity index (χ0) is 17.7. The second-order valence-electron chi connectivity index (χ2n) is 5.73. The maximum absolute atomic E-state index is 11.4. The van der Waals surface area contributed by atoms with Crippen LogP contribution in [0.15, 0.2) is 23.1 Å². The number of nitrogens with one attached hydrogen (secondary N) is 1. The number of anilines is 1. The molecule has 0 saturated carbocycles. The van der Waals surface area contributed by atoms with Crippen molar-refractivity contribution < 1.29 is 18.1 Å². The van der Waals surface area contributed by atoms with Gasteiger partial charge in [-0.25, -0.2) is 13.6 Å². The van der Waals surface area contributed by atoms with E-state index in [2.05, 4.69) is 10.2 Å². The molecule has 0 radical (unpaired) electrons. The van der Waals surface area contributed by atoms with Gasteiger partial charge in [-0.15, -0.1) is 0 Å². The molecule has 1 aromatic rings. The van der Waals surface area contributed by atoms with Crippen LogP contribution in [0.25, 0.3) is 0 Å². The summed E-state index contributed by atoms with van der Waals surface area (Å²) < 4.78 is 27.8. The van der Waals surface area contributed by atoms with E-state index in [1.54, 1.807) is 7.11 Å². The van der Waals surface area contributed by atoms with Crippen LogP contribution in [0.2, 0.25) is 0 Å². The summed E-state index contributed by atoms with van der Waals surface area (Å²) in [6, 6.07) is 3.77. The Balaban J connectivity index is 2.06. The summed E-state index contributed by atoms with van der Waals surface area (Å²) in [5.41, 5.74) is 0.0195. The number of benzene rings is 1. The zero-order valence-corrected chi connectivity index (χ0v) is 14.3. The number of hydrogen-bond donors (Lipinski definition) is 2. The highest BCUT2D eigenvalue weighted by Gasteiger charge is 2.23. The molecular weight excluding hydrogens is 336 g/mol. The lowest BCUT2D eigenvalue weighted by molar-refractivity contribution is -0.384. The first kappa shape index (κ1) is 18.6. The highest BCUT2D eigenvalue weighted by molar-refractivity contribution is 7.89. The molecule has 0 amide bonds. The third-order valence-electron chi connectivity index (χ3n) is 4.05. The number of piperidine rings is 1.